The summed E-state index contributed by atoms with van der Waals surface area (Å²) >= 11 is 3.60. The first-order valence-electron chi connectivity index (χ1n) is 7.55. The summed E-state index contributed by atoms with van der Waals surface area (Å²) in [6, 6.07) is 7.97. The molecule has 0 spiro atoms. The van der Waals surface area contributed by atoms with Crippen LogP contribution in [0.3, 0.4) is 0 Å². The van der Waals surface area contributed by atoms with Crippen LogP contribution in [-0.4, -0.2) is 28.5 Å². The van der Waals surface area contributed by atoms with Crippen LogP contribution in [0.25, 0.3) is 0 Å². The number of halogens is 1. The van der Waals surface area contributed by atoms with Crippen LogP contribution in [0, 0.1) is 5.92 Å². The number of rotatable bonds is 3. The molecule has 4 aliphatic rings. The van der Waals surface area contributed by atoms with Crippen molar-refractivity contribution in [2.45, 2.75) is 41.5 Å². The van der Waals surface area contributed by atoms with E-state index < -0.39 is 16.3 Å². The van der Waals surface area contributed by atoms with Gasteiger partial charge in [0.05, 0.1) is 5.92 Å². The lowest BCUT2D eigenvalue weighted by Gasteiger charge is -2.56. The number of alkyl halides is 1. The van der Waals surface area contributed by atoms with Gasteiger partial charge in [-0.05, 0) is 23.5 Å². The molecule has 1 aromatic carbocycles. The number of fused-ring (bicyclic) bond motifs is 2. The molecule has 2 heterocycles. The largest absolute Gasteiger partial charge is 0.453 e. The molecule has 0 radical (unpaired) electrons. The van der Waals surface area contributed by atoms with E-state index >= 15 is 0 Å². The maximum Gasteiger partial charge on any atom is 0.325 e. The van der Waals surface area contributed by atoms with Gasteiger partial charge < -0.3 is 9.53 Å². The van der Waals surface area contributed by atoms with Gasteiger partial charge in [0, 0.05) is 18.8 Å². The highest BCUT2D eigenvalue weighted by molar-refractivity contribution is 9.10. The van der Waals surface area contributed by atoms with Gasteiger partial charge in [0.2, 0.25) is 0 Å². The van der Waals surface area contributed by atoms with E-state index in [2.05, 4.69) is 15.9 Å². The number of carbonyl (C=O) groups excluding carboxylic acids is 3. The summed E-state index contributed by atoms with van der Waals surface area (Å²) in [5.41, 5.74) is 2.22. The van der Waals surface area contributed by atoms with Crippen molar-refractivity contribution in [2.24, 2.45) is 5.92 Å². The first kappa shape index (κ1) is 14.1. The fourth-order valence-electron chi connectivity index (χ4n) is 4.48. The first-order chi connectivity index (χ1) is 10.6. The number of hydrogen-bond donors (Lipinski definition) is 0. The summed E-state index contributed by atoms with van der Waals surface area (Å²) < 4.78 is 4.33. The Hall–Kier alpha value is -1.49. The van der Waals surface area contributed by atoms with Crippen LogP contribution in [0.1, 0.15) is 42.2 Å². The summed E-state index contributed by atoms with van der Waals surface area (Å²) in [5.74, 6) is -0.917. The molecule has 5 heteroatoms. The molecule has 0 unspecified atom stereocenters. The van der Waals surface area contributed by atoms with Crippen LogP contribution < -0.4 is 0 Å². The minimum atomic E-state index is -0.971. The average Bonchev–Trinajstić information content (AvgIpc) is 2.51. The smallest absolute Gasteiger partial charge is 0.325 e. The number of carbonyl (C=O) groups is 3. The van der Waals surface area contributed by atoms with Gasteiger partial charge in [-0.2, -0.15) is 0 Å². The number of esters is 1. The highest BCUT2D eigenvalue weighted by Gasteiger charge is 2.68. The molecule has 0 N–H and O–H groups in total. The van der Waals surface area contributed by atoms with Gasteiger partial charge in [0.25, 0.3) is 0 Å². The molecular weight excluding hydrogens is 348 g/mol. The normalized spacial score (nSPS) is 38.4. The van der Waals surface area contributed by atoms with Crippen molar-refractivity contribution in [1.29, 1.82) is 0 Å². The van der Waals surface area contributed by atoms with Crippen LogP contribution >= 0.6 is 15.9 Å². The first-order valence-corrected chi connectivity index (χ1v) is 8.34. The second-order valence-corrected chi connectivity index (χ2v) is 7.62. The molecule has 5 rings (SSSR count). The van der Waals surface area contributed by atoms with Gasteiger partial charge in [0.1, 0.15) is 10.6 Å². The van der Waals surface area contributed by atoms with Crippen molar-refractivity contribution in [3.63, 3.8) is 0 Å². The SMILES string of the molecule is O=CCC[C@H]1c2ccccc2[C@H]2C[C@@H]3OC(=O)[C@@]2(Br)[C@H]1C3=O. The van der Waals surface area contributed by atoms with E-state index in [1.54, 1.807) is 0 Å². The quantitative estimate of drug-likeness (QED) is 0.470. The van der Waals surface area contributed by atoms with Crippen LogP contribution in [0.4, 0.5) is 0 Å². The fraction of sp³-hybridized carbons (Fsp3) is 0.471. The van der Waals surface area contributed by atoms with Crippen molar-refractivity contribution >= 4 is 34.0 Å². The van der Waals surface area contributed by atoms with E-state index in [4.69, 9.17) is 4.74 Å². The molecule has 4 nitrogen and oxygen atoms in total. The molecule has 2 aliphatic carbocycles. The van der Waals surface area contributed by atoms with Crippen LogP contribution in [0.5, 0.6) is 0 Å². The molecule has 22 heavy (non-hydrogen) atoms. The summed E-state index contributed by atoms with van der Waals surface area (Å²) in [6.07, 6.45) is 1.75. The van der Waals surface area contributed by atoms with Gasteiger partial charge in [0.15, 0.2) is 11.9 Å². The van der Waals surface area contributed by atoms with Crippen LogP contribution in [0.15, 0.2) is 24.3 Å². The molecule has 1 saturated carbocycles. The molecule has 0 aromatic heterocycles. The Labute approximate surface area is 136 Å². The maximum atomic E-state index is 12.7. The number of ether oxygens (including phenoxy) is 1. The highest BCUT2D eigenvalue weighted by Crippen LogP contribution is 2.62. The molecule has 2 saturated heterocycles. The second-order valence-electron chi connectivity index (χ2n) is 6.31. The minimum Gasteiger partial charge on any atom is -0.453 e. The van der Waals surface area contributed by atoms with Gasteiger partial charge in [-0.15, -0.1) is 0 Å². The Balaban J connectivity index is 1.92. The summed E-state index contributed by atoms with van der Waals surface area (Å²) in [5, 5.41) is 0. The number of hydrogen-bond acceptors (Lipinski definition) is 4. The Morgan fingerprint density at radius 2 is 2.00 bits per heavy atom. The zero-order valence-corrected chi connectivity index (χ0v) is 13.4. The molecule has 0 amide bonds. The highest BCUT2D eigenvalue weighted by atomic mass is 79.9. The van der Waals surface area contributed by atoms with E-state index in [0.29, 0.717) is 19.3 Å². The van der Waals surface area contributed by atoms with Gasteiger partial charge >= 0.3 is 5.97 Å². The van der Waals surface area contributed by atoms with Gasteiger partial charge in [-0.1, -0.05) is 40.2 Å². The van der Waals surface area contributed by atoms with Crippen LogP contribution in [0.2, 0.25) is 0 Å². The predicted molar refractivity (Wildman–Crippen MR) is 81.9 cm³/mol. The van der Waals surface area contributed by atoms with Gasteiger partial charge in [-0.3, -0.25) is 9.59 Å². The van der Waals surface area contributed by atoms with Crippen molar-refractivity contribution in [1.82, 2.24) is 0 Å². The lowest BCUT2D eigenvalue weighted by Crippen LogP contribution is -2.66. The van der Waals surface area contributed by atoms with Crippen molar-refractivity contribution < 1.29 is 19.1 Å². The van der Waals surface area contributed by atoms with E-state index in [1.807, 2.05) is 24.3 Å². The summed E-state index contributed by atoms with van der Waals surface area (Å²) in [6.45, 7) is 0. The summed E-state index contributed by atoms with van der Waals surface area (Å²) in [4.78, 5) is 36.0. The van der Waals surface area contributed by atoms with Crippen LogP contribution in [-0.2, 0) is 19.1 Å². The third-order valence-corrected chi connectivity index (χ3v) is 6.73. The van der Waals surface area contributed by atoms with E-state index in [1.165, 1.54) is 0 Å². The predicted octanol–water partition coefficient (Wildman–Crippen LogP) is 2.49. The molecular formula is C17H15BrO4. The summed E-state index contributed by atoms with van der Waals surface area (Å²) in [7, 11) is 0. The van der Waals surface area contributed by atoms with Crippen molar-refractivity contribution in [3.05, 3.63) is 35.4 Å². The molecule has 3 fully saturated rings. The Kier molecular flexibility index (Phi) is 3.05. The molecule has 4 bridgehead atoms. The van der Waals surface area contributed by atoms with E-state index in [0.717, 1.165) is 17.4 Å². The molecule has 5 atom stereocenters. The lowest BCUT2D eigenvalue weighted by atomic mass is 9.54. The molecule has 1 aromatic rings. The Morgan fingerprint density at radius 1 is 1.27 bits per heavy atom. The molecule has 114 valence electrons. The Bertz CT molecular complexity index is 685. The van der Waals surface area contributed by atoms with E-state index in [-0.39, 0.29) is 23.6 Å². The number of aldehydes is 1. The lowest BCUT2D eigenvalue weighted by molar-refractivity contribution is -0.180. The van der Waals surface area contributed by atoms with Crippen molar-refractivity contribution in [2.75, 3.05) is 0 Å². The molecule has 2 aliphatic heterocycles. The second kappa shape index (κ2) is 4.75. The maximum absolute atomic E-state index is 12.7. The standard InChI is InChI=1S/C17H15BrO4/c18-17-12-8-13(22-16(17)21)15(20)14(17)11(6-3-7-19)9-4-1-2-5-10(9)12/h1-2,4-5,7,11-14H,3,6,8H2/t11-,12+,13-,14+,17-/m0/s1. The minimum absolute atomic E-state index is 0.00173. The number of ketones is 1. The van der Waals surface area contributed by atoms with Gasteiger partial charge in [-0.25, -0.2) is 0 Å². The van der Waals surface area contributed by atoms with Crippen molar-refractivity contribution in [3.8, 4) is 0 Å². The topological polar surface area (TPSA) is 60.4 Å². The number of Topliss-reactive ketones (excluding diaryl/α,β-unsaturated/α-hetero) is 1. The zero-order valence-electron chi connectivity index (χ0n) is 11.8. The monoisotopic (exact) mass is 362 g/mol. The third-order valence-electron chi connectivity index (χ3n) is 5.36. The fourth-order valence-corrected chi connectivity index (χ4v) is 5.55. The number of benzene rings is 1. The third kappa shape index (κ3) is 1.60. The average molecular weight is 363 g/mol. The Morgan fingerprint density at radius 3 is 2.73 bits per heavy atom. The van der Waals surface area contributed by atoms with E-state index in [9.17, 15) is 14.4 Å². The zero-order chi connectivity index (χ0) is 15.5.